The number of aliphatic carboxylic acids is 1. The molecule has 1 aliphatic heterocycles. The van der Waals surface area contributed by atoms with Gasteiger partial charge in [0.05, 0.1) is 16.8 Å². The number of carbonyl (C=O) groups is 1. The molecule has 2 N–H and O–H groups in total. The summed E-state index contributed by atoms with van der Waals surface area (Å²) >= 11 is 1.38. The van der Waals surface area contributed by atoms with Gasteiger partial charge in [0, 0.05) is 5.75 Å². The molecular formula is C12H19N3O4S2. The fourth-order valence-electron chi connectivity index (χ4n) is 2.54. The average Bonchev–Trinajstić information content (AvgIpc) is 2.94. The van der Waals surface area contributed by atoms with E-state index in [1.165, 1.54) is 11.8 Å². The molecule has 1 aromatic rings. The highest BCUT2D eigenvalue weighted by molar-refractivity contribution is 8.01. The summed E-state index contributed by atoms with van der Waals surface area (Å²) in [4.78, 5) is 11.5. The Labute approximate surface area is 128 Å². The highest BCUT2D eigenvalue weighted by Gasteiger charge is 2.47. The minimum absolute atomic E-state index is 0.0948. The van der Waals surface area contributed by atoms with Gasteiger partial charge in [-0.05, 0) is 20.3 Å². The van der Waals surface area contributed by atoms with Crippen LogP contribution < -0.4 is 0 Å². The van der Waals surface area contributed by atoms with Gasteiger partial charge in [-0.15, -0.1) is 11.8 Å². The van der Waals surface area contributed by atoms with Crippen LogP contribution in [-0.2, 0) is 14.8 Å². The third-order valence-electron chi connectivity index (χ3n) is 3.45. The quantitative estimate of drug-likeness (QED) is 0.843. The Kier molecular flexibility index (Phi) is 4.64. The molecule has 2 heterocycles. The molecule has 2 atom stereocenters. The third kappa shape index (κ3) is 2.82. The maximum atomic E-state index is 12.9. The largest absolute Gasteiger partial charge is 0.480 e. The second-order valence-electron chi connectivity index (χ2n) is 5.03. The summed E-state index contributed by atoms with van der Waals surface area (Å²) in [5.74, 6) is -0.835. The van der Waals surface area contributed by atoms with Crippen molar-refractivity contribution in [2.75, 3.05) is 5.75 Å². The van der Waals surface area contributed by atoms with Crippen molar-refractivity contribution in [3.8, 4) is 0 Å². The molecule has 1 fully saturated rings. The molecule has 0 amide bonds. The minimum atomic E-state index is -3.88. The van der Waals surface area contributed by atoms with Gasteiger partial charge in [-0.2, -0.15) is 9.40 Å². The summed E-state index contributed by atoms with van der Waals surface area (Å²) in [6.45, 7) is 5.18. The van der Waals surface area contributed by atoms with Crippen LogP contribution in [0.1, 0.15) is 31.2 Å². The van der Waals surface area contributed by atoms with Crippen LogP contribution in [0.4, 0.5) is 0 Å². The van der Waals surface area contributed by atoms with E-state index in [2.05, 4.69) is 10.2 Å². The van der Waals surface area contributed by atoms with Gasteiger partial charge >= 0.3 is 5.97 Å². The van der Waals surface area contributed by atoms with Gasteiger partial charge in [-0.1, -0.05) is 13.3 Å². The van der Waals surface area contributed by atoms with Crippen LogP contribution in [0.25, 0.3) is 0 Å². The zero-order valence-corrected chi connectivity index (χ0v) is 13.8. The van der Waals surface area contributed by atoms with Crippen molar-refractivity contribution in [3.63, 3.8) is 0 Å². The first kappa shape index (κ1) is 16.3. The Balaban J connectivity index is 2.50. The van der Waals surface area contributed by atoms with Gasteiger partial charge in [-0.25, -0.2) is 8.42 Å². The molecule has 0 saturated carbocycles. The molecule has 1 aliphatic rings. The van der Waals surface area contributed by atoms with Crippen molar-refractivity contribution < 1.29 is 18.3 Å². The number of aromatic nitrogens is 2. The molecule has 1 aromatic heterocycles. The Morgan fingerprint density at radius 1 is 1.52 bits per heavy atom. The lowest BCUT2D eigenvalue weighted by Crippen LogP contribution is -2.45. The highest BCUT2D eigenvalue weighted by Crippen LogP contribution is 2.38. The van der Waals surface area contributed by atoms with Crippen LogP contribution >= 0.6 is 11.8 Å². The van der Waals surface area contributed by atoms with E-state index in [1.807, 2.05) is 6.92 Å². The van der Waals surface area contributed by atoms with Crippen LogP contribution in [0, 0.1) is 13.8 Å². The fraction of sp³-hybridized carbons (Fsp3) is 0.667. The van der Waals surface area contributed by atoms with E-state index in [-0.39, 0.29) is 16.0 Å². The van der Waals surface area contributed by atoms with Crippen molar-refractivity contribution in [3.05, 3.63) is 11.4 Å². The predicted octanol–water partition coefficient (Wildman–Crippen LogP) is 1.34. The number of rotatable bonds is 5. The molecule has 7 nitrogen and oxygen atoms in total. The number of carboxylic acid groups (broad SMARTS) is 1. The number of thioether (sulfide) groups is 1. The first-order valence-electron chi connectivity index (χ1n) is 6.70. The van der Waals surface area contributed by atoms with Crippen molar-refractivity contribution in [1.29, 1.82) is 0 Å². The van der Waals surface area contributed by atoms with Crippen LogP contribution in [0.2, 0.25) is 0 Å². The monoisotopic (exact) mass is 333 g/mol. The fourth-order valence-corrected chi connectivity index (χ4v) is 6.53. The van der Waals surface area contributed by atoms with Crippen LogP contribution in [0.3, 0.4) is 0 Å². The van der Waals surface area contributed by atoms with Crippen LogP contribution in [0.5, 0.6) is 0 Å². The van der Waals surface area contributed by atoms with E-state index in [1.54, 1.807) is 13.8 Å². The summed E-state index contributed by atoms with van der Waals surface area (Å²) in [5, 5.41) is 15.5. The Bertz CT molecular complexity index is 621. The molecule has 0 bridgehead atoms. The van der Waals surface area contributed by atoms with Crippen molar-refractivity contribution in [2.24, 2.45) is 0 Å². The molecule has 2 rings (SSSR count). The molecule has 0 spiro atoms. The summed E-state index contributed by atoms with van der Waals surface area (Å²) in [7, 11) is -3.88. The second-order valence-corrected chi connectivity index (χ2v) is 8.02. The number of nitrogens with one attached hydrogen (secondary N) is 1. The predicted molar refractivity (Wildman–Crippen MR) is 79.7 cm³/mol. The van der Waals surface area contributed by atoms with Crippen molar-refractivity contribution in [1.82, 2.24) is 14.5 Å². The van der Waals surface area contributed by atoms with Gasteiger partial charge in [-0.3, -0.25) is 9.89 Å². The van der Waals surface area contributed by atoms with Gasteiger partial charge in [0.1, 0.15) is 10.9 Å². The summed E-state index contributed by atoms with van der Waals surface area (Å²) in [6.07, 6.45) is 1.42. The number of nitrogens with zero attached hydrogens (tertiary/aromatic N) is 2. The lowest BCUT2D eigenvalue weighted by Gasteiger charge is -2.26. The molecule has 1 saturated heterocycles. The number of sulfonamides is 1. The van der Waals surface area contributed by atoms with Crippen LogP contribution in [0.15, 0.2) is 4.90 Å². The second kappa shape index (κ2) is 5.98. The molecule has 118 valence electrons. The average molecular weight is 333 g/mol. The first-order chi connectivity index (χ1) is 9.80. The van der Waals surface area contributed by atoms with Gasteiger partial charge in [0.25, 0.3) is 0 Å². The summed E-state index contributed by atoms with van der Waals surface area (Å²) in [6, 6.07) is -1.02. The lowest BCUT2D eigenvalue weighted by atomic mass is 10.3. The molecule has 0 radical (unpaired) electrons. The minimum Gasteiger partial charge on any atom is -0.480 e. The third-order valence-corrected chi connectivity index (χ3v) is 7.12. The van der Waals surface area contributed by atoms with Gasteiger partial charge in [0.15, 0.2) is 0 Å². The number of carboxylic acids is 1. The first-order valence-corrected chi connectivity index (χ1v) is 9.19. The van der Waals surface area contributed by atoms with E-state index in [9.17, 15) is 18.3 Å². The lowest BCUT2D eigenvalue weighted by molar-refractivity contribution is -0.140. The highest BCUT2D eigenvalue weighted by atomic mass is 32.2. The van der Waals surface area contributed by atoms with E-state index in [0.717, 1.165) is 10.7 Å². The van der Waals surface area contributed by atoms with Gasteiger partial charge in [0.2, 0.25) is 10.0 Å². The van der Waals surface area contributed by atoms with Gasteiger partial charge < -0.3 is 5.11 Å². The zero-order chi connectivity index (χ0) is 15.8. The molecule has 0 aromatic carbocycles. The normalized spacial score (nSPS) is 23.6. The molecule has 2 unspecified atom stereocenters. The van der Waals surface area contributed by atoms with E-state index in [4.69, 9.17) is 0 Å². The number of aromatic amines is 1. The standard InChI is InChI=1S/C12H19N3O4S2/c1-4-5-10-15(9(6-20-10)12(16)17)21(18,19)11-7(2)13-14-8(11)3/h9-10H,4-6H2,1-3H3,(H,13,14)(H,16,17). The topological polar surface area (TPSA) is 103 Å². The van der Waals surface area contributed by atoms with Crippen molar-refractivity contribution in [2.45, 2.75) is 49.9 Å². The van der Waals surface area contributed by atoms with E-state index in [0.29, 0.717) is 17.8 Å². The van der Waals surface area contributed by atoms with Crippen LogP contribution in [-0.4, -0.2) is 51.2 Å². The Morgan fingerprint density at radius 2 is 2.19 bits per heavy atom. The van der Waals surface area contributed by atoms with E-state index >= 15 is 0 Å². The summed E-state index contributed by atoms with van der Waals surface area (Å²) in [5.41, 5.74) is 0.799. The Hall–Kier alpha value is -1.06. The summed E-state index contributed by atoms with van der Waals surface area (Å²) < 4.78 is 27.0. The zero-order valence-electron chi connectivity index (χ0n) is 12.2. The SMILES string of the molecule is CCCC1SCC(C(=O)O)N1S(=O)(=O)c1c(C)n[nH]c1C. The smallest absolute Gasteiger partial charge is 0.322 e. The van der Waals surface area contributed by atoms with Crippen molar-refractivity contribution >= 4 is 27.8 Å². The number of hydrogen-bond acceptors (Lipinski definition) is 5. The number of H-pyrrole nitrogens is 1. The number of aryl methyl sites for hydroxylation is 2. The number of hydrogen-bond donors (Lipinski definition) is 2. The Morgan fingerprint density at radius 3 is 2.67 bits per heavy atom. The molecule has 9 heteroatoms. The van der Waals surface area contributed by atoms with E-state index < -0.39 is 22.0 Å². The molecule has 21 heavy (non-hydrogen) atoms. The maximum Gasteiger partial charge on any atom is 0.322 e. The molecule has 0 aliphatic carbocycles. The maximum absolute atomic E-state index is 12.9. The molecular weight excluding hydrogens is 314 g/mol.